The van der Waals surface area contributed by atoms with Crippen LogP contribution in [0.2, 0.25) is 0 Å². The third-order valence-corrected chi connectivity index (χ3v) is 3.00. The van der Waals surface area contributed by atoms with Crippen LogP contribution >= 0.6 is 0 Å². The molecular formula is C15H18N4O. The van der Waals surface area contributed by atoms with Crippen LogP contribution in [0.1, 0.15) is 24.1 Å². The Morgan fingerprint density at radius 1 is 1.20 bits per heavy atom. The molecule has 0 aliphatic heterocycles. The second kappa shape index (κ2) is 6.68. The summed E-state index contributed by atoms with van der Waals surface area (Å²) in [4.78, 5) is 15.8. The number of pyridine rings is 1. The molecule has 1 atom stereocenters. The maximum Gasteiger partial charge on any atom is 0.319 e. The second-order valence-corrected chi connectivity index (χ2v) is 4.50. The van der Waals surface area contributed by atoms with E-state index in [0.717, 1.165) is 16.8 Å². The van der Waals surface area contributed by atoms with Gasteiger partial charge in [-0.1, -0.05) is 12.1 Å². The smallest absolute Gasteiger partial charge is 0.319 e. The molecule has 2 amide bonds. The zero-order valence-corrected chi connectivity index (χ0v) is 11.3. The molecule has 0 bridgehead atoms. The first-order valence-electron chi connectivity index (χ1n) is 6.45. The Balaban J connectivity index is 1.91. The number of urea groups is 1. The van der Waals surface area contributed by atoms with E-state index in [0.29, 0.717) is 6.54 Å². The number of benzene rings is 1. The third kappa shape index (κ3) is 3.80. The molecule has 0 saturated carbocycles. The third-order valence-electron chi connectivity index (χ3n) is 3.00. The van der Waals surface area contributed by atoms with Crippen molar-refractivity contribution in [2.75, 3.05) is 5.32 Å². The molecular weight excluding hydrogens is 252 g/mol. The van der Waals surface area contributed by atoms with Gasteiger partial charge in [-0.25, -0.2) is 4.79 Å². The number of nitrogens with one attached hydrogen (secondary N) is 2. The van der Waals surface area contributed by atoms with Crippen molar-refractivity contribution < 1.29 is 4.79 Å². The van der Waals surface area contributed by atoms with Crippen LogP contribution in [0.5, 0.6) is 0 Å². The van der Waals surface area contributed by atoms with Gasteiger partial charge in [0, 0.05) is 24.6 Å². The minimum atomic E-state index is -0.241. The average Bonchev–Trinajstić information content (AvgIpc) is 2.49. The summed E-state index contributed by atoms with van der Waals surface area (Å²) in [6.07, 6.45) is 3.41. The molecule has 4 N–H and O–H groups in total. The molecule has 1 unspecified atom stereocenters. The number of rotatable bonds is 4. The first kappa shape index (κ1) is 14.0. The second-order valence-electron chi connectivity index (χ2n) is 4.50. The summed E-state index contributed by atoms with van der Waals surface area (Å²) in [5.41, 5.74) is 8.30. The molecule has 1 aromatic carbocycles. The highest BCUT2D eigenvalue weighted by Crippen LogP contribution is 2.12. The number of aromatic nitrogens is 1. The predicted molar refractivity (Wildman–Crippen MR) is 79.1 cm³/mol. The highest BCUT2D eigenvalue weighted by Gasteiger charge is 2.09. The number of hydrogen-bond donors (Lipinski definition) is 3. The Morgan fingerprint density at radius 2 is 1.85 bits per heavy atom. The quantitative estimate of drug-likeness (QED) is 0.798. The van der Waals surface area contributed by atoms with Crippen molar-refractivity contribution in [1.29, 1.82) is 0 Å². The zero-order chi connectivity index (χ0) is 14.4. The Bertz CT molecular complexity index is 554. The molecule has 0 aliphatic carbocycles. The van der Waals surface area contributed by atoms with Gasteiger partial charge in [-0.3, -0.25) is 4.98 Å². The van der Waals surface area contributed by atoms with Crippen molar-refractivity contribution in [3.63, 3.8) is 0 Å². The lowest BCUT2D eigenvalue weighted by Gasteiger charge is -2.15. The molecule has 5 heteroatoms. The molecule has 1 heterocycles. The molecule has 0 aliphatic rings. The Kier molecular flexibility index (Phi) is 4.68. The number of nitrogens with zero attached hydrogens (tertiary/aromatic N) is 1. The minimum absolute atomic E-state index is 0.0821. The molecule has 5 nitrogen and oxygen atoms in total. The van der Waals surface area contributed by atoms with Gasteiger partial charge in [0.05, 0.1) is 6.04 Å². The van der Waals surface area contributed by atoms with Crippen molar-refractivity contribution in [2.45, 2.75) is 19.5 Å². The topological polar surface area (TPSA) is 80.0 Å². The van der Waals surface area contributed by atoms with Crippen LogP contribution in [0.3, 0.4) is 0 Å². The molecule has 2 rings (SSSR count). The SMILES string of the molecule is CC(NC(=O)Nc1ccc(CN)cc1)c1ccncc1. The van der Waals surface area contributed by atoms with Crippen LogP contribution in [0.25, 0.3) is 0 Å². The highest BCUT2D eigenvalue weighted by molar-refractivity contribution is 5.89. The zero-order valence-electron chi connectivity index (χ0n) is 11.3. The first-order valence-corrected chi connectivity index (χ1v) is 6.45. The summed E-state index contributed by atoms with van der Waals surface area (Å²) in [7, 11) is 0. The van der Waals surface area contributed by atoms with Gasteiger partial charge >= 0.3 is 6.03 Å². The summed E-state index contributed by atoms with van der Waals surface area (Å²) in [5.74, 6) is 0. The van der Waals surface area contributed by atoms with Gasteiger partial charge in [0.2, 0.25) is 0 Å². The summed E-state index contributed by atoms with van der Waals surface area (Å²) < 4.78 is 0. The number of nitrogens with two attached hydrogens (primary N) is 1. The van der Waals surface area contributed by atoms with Gasteiger partial charge in [-0.15, -0.1) is 0 Å². The maximum absolute atomic E-state index is 11.9. The van der Waals surface area contributed by atoms with Gasteiger partial charge < -0.3 is 16.4 Å². The molecule has 0 spiro atoms. The Morgan fingerprint density at radius 3 is 2.45 bits per heavy atom. The summed E-state index contributed by atoms with van der Waals surface area (Å²) >= 11 is 0. The van der Waals surface area contributed by atoms with E-state index in [9.17, 15) is 4.79 Å². The van der Waals surface area contributed by atoms with E-state index >= 15 is 0 Å². The van der Waals surface area contributed by atoms with Crippen molar-refractivity contribution in [2.24, 2.45) is 5.73 Å². The monoisotopic (exact) mass is 270 g/mol. The summed E-state index contributed by atoms with van der Waals surface area (Å²) in [6.45, 7) is 2.41. The van der Waals surface area contributed by atoms with E-state index < -0.39 is 0 Å². The fourth-order valence-electron chi connectivity index (χ4n) is 1.82. The van der Waals surface area contributed by atoms with Gasteiger partial charge in [-0.05, 0) is 42.3 Å². The molecule has 0 saturated heterocycles. The van der Waals surface area contributed by atoms with Crippen LogP contribution in [-0.2, 0) is 6.54 Å². The van der Waals surface area contributed by atoms with Crippen molar-refractivity contribution in [1.82, 2.24) is 10.3 Å². The number of carbonyl (C=O) groups excluding carboxylic acids is 1. The van der Waals surface area contributed by atoms with Gasteiger partial charge in [0.1, 0.15) is 0 Å². The lowest BCUT2D eigenvalue weighted by molar-refractivity contribution is 0.249. The fourth-order valence-corrected chi connectivity index (χ4v) is 1.82. The van der Waals surface area contributed by atoms with Crippen molar-refractivity contribution in [3.05, 3.63) is 59.9 Å². The molecule has 1 aromatic heterocycles. The Labute approximate surface area is 118 Å². The highest BCUT2D eigenvalue weighted by atomic mass is 16.2. The van der Waals surface area contributed by atoms with Crippen molar-refractivity contribution >= 4 is 11.7 Å². The minimum Gasteiger partial charge on any atom is -0.331 e. The van der Waals surface area contributed by atoms with E-state index in [1.165, 1.54) is 0 Å². The van der Waals surface area contributed by atoms with Crippen LogP contribution < -0.4 is 16.4 Å². The Hall–Kier alpha value is -2.40. The van der Waals surface area contributed by atoms with Crippen LogP contribution in [-0.4, -0.2) is 11.0 Å². The fraction of sp³-hybridized carbons (Fsp3) is 0.200. The normalized spacial score (nSPS) is 11.7. The summed E-state index contributed by atoms with van der Waals surface area (Å²) in [6, 6.07) is 10.9. The first-order chi connectivity index (χ1) is 9.69. The largest absolute Gasteiger partial charge is 0.331 e. The number of hydrogen-bond acceptors (Lipinski definition) is 3. The van der Waals surface area contributed by atoms with E-state index in [2.05, 4.69) is 15.6 Å². The van der Waals surface area contributed by atoms with Crippen LogP contribution in [0.4, 0.5) is 10.5 Å². The van der Waals surface area contributed by atoms with Gasteiger partial charge in [0.25, 0.3) is 0 Å². The lowest BCUT2D eigenvalue weighted by atomic mass is 10.1. The molecule has 2 aromatic rings. The molecule has 0 radical (unpaired) electrons. The maximum atomic E-state index is 11.9. The van der Waals surface area contributed by atoms with Crippen LogP contribution in [0, 0.1) is 0 Å². The lowest BCUT2D eigenvalue weighted by Crippen LogP contribution is -2.31. The number of amides is 2. The standard InChI is InChI=1S/C15H18N4O/c1-11(13-6-8-17-9-7-13)18-15(20)19-14-4-2-12(10-16)3-5-14/h2-9,11H,10,16H2,1H3,(H2,18,19,20). The number of anilines is 1. The molecule has 0 fully saturated rings. The predicted octanol–water partition coefficient (Wildman–Crippen LogP) is 2.42. The van der Waals surface area contributed by atoms with E-state index in [4.69, 9.17) is 5.73 Å². The van der Waals surface area contributed by atoms with Gasteiger partial charge in [0.15, 0.2) is 0 Å². The van der Waals surface area contributed by atoms with Crippen molar-refractivity contribution in [3.8, 4) is 0 Å². The van der Waals surface area contributed by atoms with E-state index in [1.807, 2.05) is 43.3 Å². The number of carbonyl (C=O) groups is 1. The van der Waals surface area contributed by atoms with Gasteiger partial charge in [-0.2, -0.15) is 0 Å². The van der Waals surface area contributed by atoms with E-state index in [1.54, 1.807) is 12.4 Å². The molecule has 20 heavy (non-hydrogen) atoms. The van der Waals surface area contributed by atoms with E-state index in [-0.39, 0.29) is 12.1 Å². The summed E-state index contributed by atoms with van der Waals surface area (Å²) in [5, 5.41) is 5.66. The average molecular weight is 270 g/mol. The van der Waals surface area contributed by atoms with Crippen LogP contribution in [0.15, 0.2) is 48.8 Å². The molecule has 104 valence electrons.